The summed E-state index contributed by atoms with van der Waals surface area (Å²) < 4.78 is 1.82. The Bertz CT molecular complexity index is 878. The van der Waals surface area contributed by atoms with Crippen molar-refractivity contribution in [2.75, 3.05) is 30.3 Å². The van der Waals surface area contributed by atoms with Gasteiger partial charge in [-0.25, -0.2) is 14.6 Å². The largest absolute Gasteiger partial charge is 0.356 e. The molecule has 4 heterocycles. The summed E-state index contributed by atoms with van der Waals surface area (Å²) in [6.45, 7) is 5.06. The van der Waals surface area contributed by atoms with E-state index in [9.17, 15) is 9.59 Å². The molecular weight excluding hydrogens is 378 g/mol. The van der Waals surface area contributed by atoms with E-state index in [0.29, 0.717) is 25.9 Å². The Morgan fingerprint density at radius 1 is 1.36 bits per heavy atom. The molecule has 2 aromatic rings. The number of hydrogen-bond donors (Lipinski definition) is 2. The Balaban J connectivity index is 1.49. The van der Waals surface area contributed by atoms with Crippen molar-refractivity contribution in [1.29, 1.82) is 0 Å². The Hall–Kier alpha value is -2.36. The van der Waals surface area contributed by atoms with Crippen LogP contribution in [0.5, 0.6) is 0 Å². The predicted molar refractivity (Wildman–Crippen MR) is 107 cm³/mol. The van der Waals surface area contributed by atoms with E-state index in [1.165, 1.54) is 12.8 Å². The van der Waals surface area contributed by atoms with E-state index in [2.05, 4.69) is 27.6 Å². The minimum absolute atomic E-state index is 0.0645. The van der Waals surface area contributed by atoms with Crippen LogP contribution in [0.2, 0.25) is 0 Å². The summed E-state index contributed by atoms with van der Waals surface area (Å²) in [7, 11) is 0. The third kappa shape index (κ3) is 3.91. The Morgan fingerprint density at radius 3 is 2.89 bits per heavy atom. The standard InChI is InChI=1S/C18H25N7O2S/c1-2-28-18-22-15(24-8-3-4-9-24)12-11-20-25(16(12)23-18)10-7-19-17(27)13-5-6-14(26)21-13/h11,13H,2-10H2,1H3,(H,19,27)(H,21,26). The van der Waals surface area contributed by atoms with Crippen LogP contribution in [0.4, 0.5) is 5.82 Å². The fourth-order valence-corrected chi connectivity index (χ4v) is 4.23. The molecule has 0 aliphatic carbocycles. The van der Waals surface area contributed by atoms with E-state index in [1.807, 2.05) is 10.9 Å². The van der Waals surface area contributed by atoms with Crippen molar-refractivity contribution in [3.63, 3.8) is 0 Å². The quantitative estimate of drug-likeness (QED) is 0.523. The number of carbonyl (C=O) groups excluding carboxylic acids is 2. The first-order valence-corrected chi connectivity index (χ1v) is 10.8. The smallest absolute Gasteiger partial charge is 0.242 e. The molecule has 0 aromatic carbocycles. The summed E-state index contributed by atoms with van der Waals surface area (Å²) in [4.78, 5) is 35.2. The van der Waals surface area contributed by atoms with Gasteiger partial charge in [-0.3, -0.25) is 9.59 Å². The van der Waals surface area contributed by atoms with Crippen LogP contribution < -0.4 is 15.5 Å². The molecule has 2 fully saturated rings. The summed E-state index contributed by atoms with van der Waals surface area (Å²) >= 11 is 1.62. The zero-order valence-corrected chi connectivity index (χ0v) is 16.8. The Morgan fingerprint density at radius 2 is 2.18 bits per heavy atom. The highest BCUT2D eigenvalue weighted by atomic mass is 32.2. The first kappa shape index (κ1) is 19.0. The number of nitrogens with one attached hydrogen (secondary N) is 2. The minimum atomic E-state index is -0.418. The molecular formula is C18H25N7O2S. The van der Waals surface area contributed by atoms with Crippen molar-refractivity contribution < 1.29 is 9.59 Å². The van der Waals surface area contributed by atoms with E-state index in [4.69, 9.17) is 9.97 Å². The molecule has 0 saturated carbocycles. The molecule has 2 aromatic heterocycles. The second-order valence-electron chi connectivity index (χ2n) is 7.01. The van der Waals surface area contributed by atoms with Gasteiger partial charge in [0.1, 0.15) is 11.9 Å². The summed E-state index contributed by atoms with van der Waals surface area (Å²) in [5.74, 6) is 1.66. The minimum Gasteiger partial charge on any atom is -0.356 e. The predicted octanol–water partition coefficient (Wildman–Crippen LogP) is 0.933. The number of amides is 2. The van der Waals surface area contributed by atoms with Gasteiger partial charge in [0.05, 0.1) is 18.1 Å². The van der Waals surface area contributed by atoms with Gasteiger partial charge < -0.3 is 15.5 Å². The lowest BCUT2D eigenvalue weighted by molar-refractivity contribution is -0.125. The maximum absolute atomic E-state index is 12.2. The molecule has 0 bridgehead atoms. The number of hydrogen-bond acceptors (Lipinski definition) is 7. The molecule has 4 rings (SSSR count). The summed E-state index contributed by atoms with van der Waals surface area (Å²) in [6, 6.07) is -0.418. The maximum Gasteiger partial charge on any atom is 0.242 e. The molecule has 2 N–H and O–H groups in total. The van der Waals surface area contributed by atoms with Crippen molar-refractivity contribution in [3.8, 4) is 0 Å². The van der Waals surface area contributed by atoms with E-state index >= 15 is 0 Å². The Labute approximate surface area is 167 Å². The fourth-order valence-electron chi connectivity index (χ4n) is 3.67. The average Bonchev–Trinajstić information content (AvgIpc) is 3.43. The zero-order chi connectivity index (χ0) is 19.5. The van der Waals surface area contributed by atoms with Gasteiger partial charge in [-0.2, -0.15) is 5.10 Å². The molecule has 2 amide bonds. The van der Waals surface area contributed by atoms with Crippen molar-refractivity contribution in [3.05, 3.63) is 6.20 Å². The summed E-state index contributed by atoms with van der Waals surface area (Å²) in [5, 5.41) is 11.8. The Kier molecular flexibility index (Phi) is 5.65. The van der Waals surface area contributed by atoms with Gasteiger partial charge >= 0.3 is 0 Å². The van der Waals surface area contributed by atoms with E-state index in [-0.39, 0.29) is 11.8 Å². The van der Waals surface area contributed by atoms with Crippen molar-refractivity contribution in [2.24, 2.45) is 0 Å². The van der Waals surface area contributed by atoms with E-state index in [1.54, 1.807) is 11.8 Å². The maximum atomic E-state index is 12.2. The number of rotatable bonds is 7. The zero-order valence-electron chi connectivity index (χ0n) is 16.0. The molecule has 150 valence electrons. The van der Waals surface area contributed by atoms with Crippen LogP contribution in [0.1, 0.15) is 32.6 Å². The monoisotopic (exact) mass is 403 g/mol. The third-order valence-corrected chi connectivity index (χ3v) is 5.80. The molecule has 2 saturated heterocycles. The fraction of sp³-hybridized carbons (Fsp3) is 0.611. The number of fused-ring (bicyclic) bond motifs is 1. The normalized spacial score (nSPS) is 19.4. The van der Waals surface area contributed by atoms with Crippen LogP contribution in [0.15, 0.2) is 11.4 Å². The lowest BCUT2D eigenvalue weighted by atomic mass is 10.2. The topological polar surface area (TPSA) is 105 Å². The van der Waals surface area contributed by atoms with Crippen LogP contribution in [-0.2, 0) is 16.1 Å². The second-order valence-corrected chi connectivity index (χ2v) is 8.24. The SMILES string of the molecule is CCSc1nc(N2CCCC2)c2cnn(CCNC(=O)C3CCC(=O)N3)c2n1. The number of aromatic nitrogens is 4. The lowest BCUT2D eigenvalue weighted by Crippen LogP contribution is -2.42. The van der Waals surface area contributed by atoms with Crippen LogP contribution >= 0.6 is 11.8 Å². The number of carbonyl (C=O) groups is 2. The molecule has 2 aliphatic rings. The van der Waals surface area contributed by atoms with E-state index < -0.39 is 6.04 Å². The molecule has 10 heteroatoms. The van der Waals surface area contributed by atoms with Crippen LogP contribution in [0.3, 0.4) is 0 Å². The molecule has 28 heavy (non-hydrogen) atoms. The molecule has 2 aliphatic heterocycles. The lowest BCUT2D eigenvalue weighted by Gasteiger charge is -2.18. The highest BCUT2D eigenvalue weighted by molar-refractivity contribution is 7.99. The molecule has 0 spiro atoms. The van der Waals surface area contributed by atoms with Crippen molar-refractivity contribution in [1.82, 2.24) is 30.4 Å². The van der Waals surface area contributed by atoms with Crippen molar-refractivity contribution >= 4 is 40.4 Å². The van der Waals surface area contributed by atoms with Crippen molar-refractivity contribution in [2.45, 2.75) is 50.4 Å². The average molecular weight is 404 g/mol. The highest BCUT2D eigenvalue weighted by Gasteiger charge is 2.27. The highest BCUT2D eigenvalue weighted by Crippen LogP contribution is 2.29. The van der Waals surface area contributed by atoms with Gasteiger partial charge in [-0.1, -0.05) is 18.7 Å². The van der Waals surface area contributed by atoms with Crippen LogP contribution in [-0.4, -0.2) is 63.0 Å². The summed E-state index contributed by atoms with van der Waals surface area (Å²) in [5.41, 5.74) is 0.802. The van der Waals surface area contributed by atoms with Crippen LogP contribution in [0.25, 0.3) is 11.0 Å². The van der Waals surface area contributed by atoms with E-state index in [0.717, 1.165) is 40.9 Å². The third-order valence-electron chi connectivity index (χ3n) is 5.07. The molecule has 1 unspecified atom stereocenters. The van der Waals surface area contributed by atoms with Gasteiger partial charge in [-0.15, -0.1) is 0 Å². The number of nitrogens with zero attached hydrogens (tertiary/aromatic N) is 5. The second kappa shape index (κ2) is 8.34. The summed E-state index contributed by atoms with van der Waals surface area (Å²) in [6.07, 6.45) is 5.15. The molecule has 0 radical (unpaired) electrons. The van der Waals surface area contributed by atoms with Gasteiger partial charge in [0.2, 0.25) is 11.8 Å². The first-order chi connectivity index (χ1) is 13.7. The van der Waals surface area contributed by atoms with Gasteiger partial charge in [0, 0.05) is 26.1 Å². The van der Waals surface area contributed by atoms with Gasteiger partial charge in [0.15, 0.2) is 10.8 Å². The van der Waals surface area contributed by atoms with Crippen LogP contribution in [0, 0.1) is 0 Å². The number of thioether (sulfide) groups is 1. The van der Waals surface area contributed by atoms with Gasteiger partial charge in [0.25, 0.3) is 0 Å². The number of anilines is 1. The first-order valence-electron chi connectivity index (χ1n) is 9.84. The molecule has 1 atom stereocenters. The molecule has 9 nitrogen and oxygen atoms in total. The van der Waals surface area contributed by atoms with Gasteiger partial charge in [-0.05, 0) is 25.0 Å².